The van der Waals surface area contributed by atoms with Gasteiger partial charge in [-0.15, -0.1) is 0 Å². The highest BCUT2D eigenvalue weighted by Crippen LogP contribution is 2.07. The fourth-order valence-electron chi connectivity index (χ4n) is 1.63. The Labute approximate surface area is 106 Å². The zero-order valence-corrected chi connectivity index (χ0v) is 10.0. The van der Waals surface area contributed by atoms with Crippen LogP contribution in [-0.2, 0) is 18.0 Å². The SMILES string of the molecule is NC(=O)c1ccc(COCc2ccccc2)cc1. The third-order valence-electron chi connectivity index (χ3n) is 2.62. The lowest BCUT2D eigenvalue weighted by Crippen LogP contribution is -2.10. The van der Waals surface area contributed by atoms with E-state index < -0.39 is 5.91 Å². The molecular formula is C15H15NO2. The Bertz CT molecular complexity index is 506. The normalized spacial score (nSPS) is 10.2. The number of amides is 1. The summed E-state index contributed by atoms with van der Waals surface area (Å²) >= 11 is 0. The number of nitrogens with two attached hydrogens (primary N) is 1. The molecule has 0 unspecified atom stereocenters. The molecule has 0 aliphatic heterocycles. The number of ether oxygens (including phenoxy) is 1. The zero-order chi connectivity index (χ0) is 12.8. The first kappa shape index (κ1) is 12.3. The summed E-state index contributed by atoms with van der Waals surface area (Å²) in [5, 5.41) is 0. The summed E-state index contributed by atoms with van der Waals surface area (Å²) < 4.78 is 5.59. The number of benzene rings is 2. The molecule has 0 saturated heterocycles. The second-order valence-electron chi connectivity index (χ2n) is 4.04. The van der Waals surface area contributed by atoms with E-state index in [1.54, 1.807) is 12.1 Å². The van der Waals surface area contributed by atoms with Crippen molar-refractivity contribution in [3.8, 4) is 0 Å². The van der Waals surface area contributed by atoms with Crippen LogP contribution in [0.4, 0.5) is 0 Å². The second-order valence-corrected chi connectivity index (χ2v) is 4.04. The van der Waals surface area contributed by atoms with Gasteiger partial charge in [0.05, 0.1) is 13.2 Å². The van der Waals surface area contributed by atoms with Crippen molar-refractivity contribution < 1.29 is 9.53 Å². The van der Waals surface area contributed by atoms with Gasteiger partial charge in [-0.2, -0.15) is 0 Å². The van der Waals surface area contributed by atoms with Gasteiger partial charge in [0.2, 0.25) is 5.91 Å². The van der Waals surface area contributed by atoms with E-state index in [-0.39, 0.29) is 0 Å². The average Bonchev–Trinajstić information content (AvgIpc) is 2.40. The first-order valence-corrected chi connectivity index (χ1v) is 5.76. The van der Waals surface area contributed by atoms with Gasteiger partial charge in [0.25, 0.3) is 0 Å². The highest BCUT2D eigenvalue weighted by molar-refractivity contribution is 5.92. The van der Waals surface area contributed by atoms with Gasteiger partial charge in [-0.1, -0.05) is 42.5 Å². The third-order valence-corrected chi connectivity index (χ3v) is 2.62. The van der Waals surface area contributed by atoms with Crippen molar-refractivity contribution >= 4 is 5.91 Å². The molecule has 92 valence electrons. The van der Waals surface area contributed by atoms with Crippen LogP contribution >= 0.6 is 0 Å². The molecule has 2 aromatic rings. The van der Waals surface area contributed by atoms with Crippen LogP contribution in [0, 0.1) is 0 Å². The average molecular weight is 241 g/mol. The maximum Gasteiger partial charge on any atom is 0.248 e. The van der Waals surface area contributed by atoms with E-state index in [4.69, 9.17) is 10.5 Å². The Kier molecular flexibility index (Phi) is 4.10. The summed E-state index contributed by atoms with van der Waals surface area (Å²) in [4.78, 5) is 10.9. The minimum atomic E-state index is -0.410. The molecule has 0 saturated carbocycles. The van der Waals surface area contributed by atoms with Gasteiger partial charge in [-0.05, 0) is 23.3 Å². The van der Waals surface area contributed by atoms with Crippen molar-refractivity contribution in [1.29, 1.82) is 0 Å². The lowest BCUT2D eigenvalue weighted by molar-refractivity contribution is 0.0999. The molecule has 2 N–H and O–H groups in total. The Morgan fingerprint density at radius 3 is 2.00 bits per heavy atom. The molecule has 0 atom stereocenters. The van der Waals surface area contributed by atoms with Gasteiger partial charge >= 0.3 is 0 Å². The predicted molar refractivity (Wildman–Crippen MR) is 69.9 cm³/mol. The van der Waals surface area contributed by atoms with Crippen molar-refractivity contribution in [2.75, 3.05) is 0 Å². The summed E-state index contributed by atoms with van der Waals surface area (Å²) in [6.07, 6.45) is 0. The summed E-state index contributed by atoms with van der Waals surface area (Å²) in [6, 6.07) is 17.1. The number of primary amides is 1. The van der Waals surface area contributed by atoms with Gasteiger partial charge < -0.3 is 10.5 Å². The molecule has 0 aliphatic rings. The summed E-state index contributed by atoms with van der Waals surface area (Å²) in [6.45, 7) is 1.10. The Balaban J connectivity index is 1.85. The van der Waals surface area contributed by atoms with Crippen LogP contribution in [0.5, 0.6) is 0 Å². The van der Waals surface area contributed by atoms with Gasteiger partial charge in [0.1, 0.15) is 0 Å². The Morgan fingerprint density at radius 1 is 0.889 bits per heavy atom. The van der Waals surface area contributed by atoms with E-state index in [0.717, 1.165) is 11.1 Å². The number of hydrogen-bond donors (Lipinski definition) is 1. The molecule has 0 heterocycles. The molecule has 0 fully saturated rings. The van der Waals surface area contributed by atoms with Crippen LogP contribution < -0.4 is 5.73 Å². The predicted octanol–water partition coefficient (Wildman–Crippen LogP) is 2.50. The van der Waals surface area contributed by atoms with Gasteiger partial charge in [-0.25, -0.2) is 0 Å². The van der Waals surface area contributed by atoms with Gasteiger partial charge in [0, 0.05) is 5.56 Å². The molecule has 0 aliphatic carbocycles. The number of carbonyl (C=O) groups is 1. The van der Waals surface area contributed by atoms with E-state index in [2.05, 4.69) is 0 Å². The first-order chi connectivity index (χ1) is 8.75. The highest BCUT2D eigenvalue weighted by Gasteiger charge is 2.00. The van der Waals surface area contributed by atoms with E-state index in [0.29, 0.717) is 18.8 Å². The molecule has 2 rings (SSSR count). The monoisotopic (exact) mass is 241 g/mol. The third kappa shape index (κ3) is 3.43. The topological polar surface area (TPSA) is 52.3 Å². The van der Waals surface area contributed by atoms with Crippen LogP contribution in [-0.4, -0.2) is 5.91 Å². The molecule has 1 amide bonds. The van der Waals surface area contributed by atoms with Crippen molar-refractivity contribution in [2.45, 2.75) is 13.2 Å². The van der Waals surface area contributed by atoms with Crippen molar-refractivity contribution in [2.24, 2.45) is 5.73 Å². The highest BCUT2D eigenvalue weighted by atomic mass is 16.5. The van der Waals surface area contributed by atoms with Crippen molar-refractivity contribution in [3.63, 3.8) is 0 Å². The largest absolute Gasteiger partial charge is 0.372 e. The van der Waals surface area contributed by atoms with Crippen LogP contribution in [0.1, 0.15) is 21.5 Å². The van der Waals surface area contributed by atoms with E-state index in [1.165, 1.54) is 0 Å². The quantitative estimate of drug-likeness (QED) is 0.874. The molecule has 2 aromatic carbocycles. The van der Waals surface area contributed by atoms with Gasteiger partial charge in [-0.3, -0.25) is 4.79 Å². The van der Waals surface area contributed by atoms with Crippen LogP contribution in [0.15, 0.2) is 54.6 Å². The molecular weight excluding hydrogens is 226 g/mol. The Hall–Kier alpha value is -2.13. The van der Waals surface area contributed by atoms with E-state index in [9.17, 15) is 4.79 Å². The summed E-state index contributed by atoms with van der Waals surface area (Å²) in [7, 11) is 0. The van der Waals surface area contributed by atoms with Crippen LogP contribution in [0.2, 0.25) is 0 Å². The molecule has 0 bridgehead atoms. The first-order valence-electron chi connectivity index (χ1n) is 5.76. The summed E-state index contributed by atoms with van der Waals surface area (Å²) in [5.74, 6) is -0.410. The Morgan fingerprint density at radius 2 is 1.44 bits per heavy atom. The number of carbonyl (C=O) groups excluding carboxylic acids is 1. The fraction of sp³-hybridized carbons (Fsp3) is 0.133. The van der Waals surface area contributed by atoms with Crippen molar-refractivity contribution in [3.05, 3.63) is 71.3 Å². The number of hydrogen-bond acceptors (Lipinski definition) is 2. The zero-order valence-electron chi connectivity index (χ0n) is 10.0. The van der Waals surface area contributed by atoms with Crippen LogP contribution in [0.25, 0.3) is 0 Å². The lowest BCUT2D eigenvalue weighted by Gasteiger charge is -2.05. The fourth-order valence-corrected chi connectivity index (χ4v) is 1.63. The molecule has 0 spiro atoms. The standard InChI is InChI=1S/C15H15NO2/c16-15(17)14-8-6-13(7-9-14)11-18-10-12-4-2-1-3-5-12/h1-9H,10-11H2,(H2,16,17). The second kappa shape index (κ2) is 5.98. The molecule has 3 nitrogen and oxygen atoms in total. The molecule has 3 heteroatoms. The minimum absolute atomic E-state index is 0.410. The van der Waals surface area contributed by atoms with E-state index >= 15 is 0 Å². The maximum absolute atomic E-state index is 10.9. The van der Waals surface area contributed by atoms with Crippen molar-refractivity contribution in [1.82, 2.24) is 0 Å². The van der Waals surface area contributed by atoms with Gasteiger partial charge in [0.15, 0.2) is 0 Å². The maximum atomic E-state index is 10.9. The molecule has 0 radical (unpaired) electrons. The minimum Gasteiger partial charge on any atom is -0.372 e. The lowest BCUT2D eigenvalue weighted by atomic mass is 10.1. The smallest absolute Gasteiger partial charge is 0.248 e. The molecule has 18 heavy (non-hydrogen) atoms. The number of rotatable bonds is 5. The molecule has 0 aromatic heterocycles. The summed E-state index contributed by atoms with van der Waals surface area (Å²) in [5.41, 5.74) is 7.85. The van der Waals surface area contributed by atoms with E-state index in [1.807, 2.05) is 42.5 Å². The van der Waals surface area contributed by atoms with Crippen LogP contribution in [0.3, 0.4) is 0 Å².